The number of aromatic nitrogens is 3. The van der Waals surface area contributed by atoms with Gasteiger partial charge in [-0.05, 0) is 47.2 Å². The number of carbonyl (C=O) groups excluding carboxylic acids is 1. The average molecular weight is 473 g/mol. The van der Waals surface area contributed by atoms with Crippen LogP contribution in [0.3, 0.4) is 0 Å². The molecule has 5 aromatic rings. The Balaban J connectivity index is 1.39. The van der Waals surface area contributed by atoms with Gasteiger partial charge in [-0.25, -0.2) is 9.67 Å². The maximum Gasteiger partial charge on any atom is 0.291 e. The lowest BCUT2D eigenvalue weighted by molar-refractivity contribution is 0.0940. The summed E-state index contributed by atoms with van der Waals surface area (Å²) in [5.74, 6) is 0.660. The predicted octanol–water partition coefficient (Wildman–Crippen LogP) is 5.96. The van der Waals surface area contributed by atoms with Gasteiger partial charge in [0.25, 0.3) is 5.91 Å². The number of hydrogen-bond donors (Lipinski definition) is 1. The van der Waals surface area contributed by atoms with Gasteiger partial charge in [-0.3, -0.25) is 4.79 Å². The molecule has 1 amide bonds. The molecule has 1 heterocycles. The minimum absolute atomic E-state index is 0.179. The number of benzene rings is 4. The van der Waals surface area contributed by atoms with E-state index < -0.39 is 0 Å². The molecule has 1 N–H and O–H groups in total. The fraction of sp³-hybridized carbons (Fsp3) is 0.129. The molecule has 0 spiro atoms. The van der Waals surface area contributed by atoms with Crippen molar-refractivity contribution in [1.82, 2.24) is 20.1 Å². The summed E-state index contributed by atoms with van der Waals surface area (Å²) >= 11 is 0. The van der Waals surface area contributed by atoms with Crippen LogP contribution in [0.1, 0.15) is 33.1 Å². The first-order valence-corrected chi connectivity index (χ1v) is 12.2. The number of rotatable bonds is 8. The number of aryl methyl sites for hydroxylation is 3. The number of nitrogens with zero attached hydrogens (tertiary/aromatic N) is 3. The Morgan fingerprint density at radius 2 is 1.44 bits per heavy atom. The monoisotopic (exact) mass is 472 g/mol. The Kier molecular flexibility index (Phi) is 6.99. The van der Waals surface area contributed by atoms with Crippen LogP contribution in [0.5, 0.6) is 0 Å². The van der Waals surface area contributed by atoms with Gasteiger partial charge in [0.2, 0.25) is 5.82 Å². The van der Waals surface area contributed by atoms with Crippen molar-refractivity contribution < 1.29 is 4.79 Å². The molecule has 178 valence electrons. The maximum absolute atomic E-state index is 13.2. The third kappa shape index (κ3) is 5.26. The summed E-state index contributed by atoms with van der Waals surface area (Å²) in [4.78, 5) is 17.8. The van der Waals surface area contributed by atoms with Crippen LogP contribution in [0.4, 0.5) is 0 Å². The van der Waals surface area contributed by atoms with Gasteiger partial charge in [-0.15, -0.1) is 5.10 Å². The smallest absolute Gasteiger partial charge is 0.291 e. The molecule has 0 radical (unpaired) electrons. The van der Waals surface area contributed by atoms with E-state index in [1.807, 2.05) is 90.5 Å². The molecular weight excluding hydrogens is 444 g/mol. The van der Waals surface area contributed by atoms with E-state index in [1.54, 1.807) is 0 Å². The van der Waals surface area contributed by atoms with Crippen LogP contribution in [0, 0.1) is 6.92 Å². The van der Waals surface area contributed by atoms with Crippen molar-refractivity contribution in [3.8, 4) is 16.8 Å². The van der Waals surface area contributed by atoms with Crippen molar-refractivity contribution in [3.05, 3.63) is 138 Å². The molecule has 5 nitrogen and oxygen atoms in total. The van der Waals surface area contributed by atoms with E-state index in [0.717, 1.165) is 40.2 Å². The summed E-state index contributed by atoms with van der Waals surface area (Å²) in [6.45, 7) is 2.43. The molecule has 0 saturated carbocycles. The number of hydrogen-bond acceptors (Lipinski definition) is 3. The van der Waals surface area contributed by atoms with E-state index in [1.165, 1.54) is 5.56 Å². The minimum Gasteiger partial charge on any atom is -0.345 e. The Morgan fingerprint density at radius 1 is 0.778 bits per heavy atom. The standard InChI is InChI=1S/C31H28N4O/c1-23-12-8-11-19-28(23)35-29(21-20-24-13-4-2-5-14-24)33-30(34-35)31(36)32-22-26-17-9-10-18-27(26)25-15-6-3-7-16-25/h2-19H,20-22H2,1H3,(H,32,36). The molecular formula is C31H28N4O. The zero-order valence-electron chi connectivity index (χ0n) is 20.3. The highest BCUT2D eigenvalue weighted by atomic mass is 16.2. The Labute approximate surface area is 211 Å². The molecule has 5 rings (SSSR count). The van der Waals surface area contributed by atoms with E-state index in [4.69, 9.17) is 0 Å². The largest absolute Gasteiger partial charge is 0.345 e. The van der Waals surface area contributed by atoms with Crippen LogP contribution in [-0.2, 0) is 19.4 Å². The van der Waals surface area contributed by atoms with E-state index in [9.17, 15) is 4.79 Å². The fourth-order valence-electron chi connectivity index (χ4n) is 4.33. The summed E-state index contributed by atoms with van der Waals surface area (Å²) in [5.41, 5.74) is 6.49. The molecule has 0 unspecified atom stereocenters. The van der Waals surface area contributed by atoms with Gasteiger partial charge in [0.05, 0.1) is 5.69 Å². The van der Waals surface area contributed by atoms with E-state index in [0.29, 0.717) is 13.0 Å². The molecule has 0 aliphatic carbocycles. The summed E-state index contributed by atoms with van der Waals surface area (Å²) in [6.07, 6.45) is 1.49. The third-order valence-corrected chi connectivity index (χ3v) is 6.24. The molecule has 0 atom stereocenters. The SMILES string of the molecule is Cc1ccccc1-n1nc(C(=O)NCc2ccccc2-c2ccccc2)nc1CCc1ccccc1. The van der Waals surface area contributed by atoms with Crippen LogP contribution in [-0.4, -0.2) is 20.7 Å². The minimum atomic E-state index is -0.286. The molecule has 0 bridgehead atoms. The van der Waals surface area contributed by atoms with Crippen molar-refractivity contribution in [2.45, 2.75) is 26.3 Å². The van der Waals surface area contributed by atoms with E-state index in [2.05, 4.69) is 45.7 Å². The molecule has 0 aliphatic rings. The Hall–Kier alpha value is -4.51. The second-order valence-corrected chi connectivity index (χ2v) is 8.74. The summed E-state index contributed by atoms with van der Waals surface area (Å²) in [6, 6.07) is 36.6. The van der Waals surface area contributed by atoms with Gasteiger partial charge in [-0.1, -0.05) is 103 Å². The van der Waals surface area contributed by atoms with Crippen LogP contribution in [0.2, 0.25) is 0 Å². The van der Waals surface area contributed by atoms with Crippen LogP contribution in [0.25, 0.3) is 16.8 Å². The molecule has 5 heteroatoms. The first-order chi connectivity index (χ1) is 17.7. The molecule has 0 fully saturated rings. The normalized spacial score (nSPS) is 10.8. The highest BCUT2D eigenvalue weighted by molar-refractivity contribution is 5.90. The van der Waals surface area contributed by atoms with E-state index in [-0.39, 0.29) is 11.7 Å². The number of carbonyl (C=O) groups is 1. The van der Waals surface area contributed by atoms with Gasteiger partial charge < -0.3 is 5.32 Å². The first-order valence-electron chi connectivity index (χ1n) is 12.2. The molecule has 36 heavy (non-hydrogen) atoms. The van der Waals surface area contributed by atoms with Gasteiger partial charge in [0, 0.05) is 13.0 Å². The lowest BCUT2D eigenvalue weighted by Gasteiger charge is -2.10. The maximum atomic E-state index is 13.2. The Bertz CT molecular complexity index is 1460. The van der Waals surface area contributed by atoms with Gasteiger partial charge in [-0.2, -0.15) is 0 Å². The third-order valence-electron chi connectivity index (χ3n) is 6.24. The zero-order valence-corrected chi connectivity index (χ0v) is 20.3. The van der Waals surface area contributed by atoms with Crippen molar-refractivity contribution in [3.63, 3.8) is 0 Å². The lowest BCUT2D eigenvalue weighted by atomic mass is 10.00. The van der Waals surface area contributed by atoms with Crippen molar-refractivity contribution in [2.24, 2.45) is 0 Å². The van der Waals surface area contributed by atoms with Gasteiger partial charge in [0.1, 0.15) is 5.82 Å². The molecule has 1 aromatic heterocycles. The second-order valence-electron chi connectivity index (χ2n) is 8.74. The molecule has 0 aliphatic heterocycles. The average Bonchev–Trinajstić information content (AvgIpc) is 3.36. The summed E-state index contributed by atoms with van der Waals surface area (Å²) < 4.78 is 1.81. The highest BCUT2D eigenvalue weighted by Gasteiger charge is 2.19. The Morgan fingerprint density at radius 3 is 2.22 bits per heavy atom. The van der Waals surface area contributed by atoms with Crippen LogP contribution >= 0.6 is 0 Å². The number of para-hydroxylation sites is 1. The highest BCUT2D eigenvalue weighted by Crippen LogP contribution is 2.23. The van der Waals surface area contributed by atoms with Gasteiger partial charge >= 0.3 is 0 Å². The van der Waals surface area contributed by atoms with Gasteiger partial charge in [0.15, 0.2) is 0 Å². The van der Waals surface area contributed by atoms with Crippen molar-refractivity contribution in [2.75, 3.05) is 0 Å². The van der Waals surface area contributed by atoms with Crippen molar-refractivity contribution >= 4 is 5.91 Å². The van der Waals surface area contributed by atoms with Crippen molar-refractivity contribution in [1.29, 1.82) is 0 Å². The zero-order chi connectivity index (χ0) is 24.7. The number of amides is 1. The van der Waals surface area contributed by atoms with Crippen LogP contribution < -0.4 is 5.32 Å². The second kappa shape index (κ2) is 10.8. The quantitative estimate of drug-likeness (QED) is 0.303. The molecule has 0 saturated heterocycles. The summed E-state index contributed by atoms with van der Waals surface area (Å²) in [5, 5.41) is 7.67. The topological polar surface area (TPSA) is 59.8 Å². The predicted molar refractivity (Wildman–Crippen MR) is 143 cm³/mol. The summed E-state index contributed by atoms with van der Waals surface area (Å²) in [7, 11) is 0. The number of nitrogens with one attached hydrogen (secondary N) is 1. The lowest BCUT2D eigenvalue weighted by Crippen LogP contribution is -2.24. The fourth-order valence-corrected chi connectivity index (χ4v) is 4.33. The van der Waals surface area contributed by atoms with Crippen LogP contribution in [0.15, 0.2) is 109 Å². The van der Waals surface area contributed by atoms with E-state index >= 15 is 0 Å². The molecule has 4 aromatic carbocycles. The first kappa shape index (κ1) is 23.2.